The van der Waals surface area contributed by atoms with Crippen molar-refractivity contribution in [2.45, 2.75) is 32.1 Å². The first-order chi connectivity index (χ1) is 8.76. The molecule has 0 radical (unpaired) electrons. The SMILES string of the molecule is O=C(CCCCO)Nc1cccc(CCCO)c1. The molecule has 0 unspecified atom stereocenters. The standard InChI is InChI=1S/C14H21NO3/c16-9-2-1-8-14(18)15-13-7-3-5-12(11-13)6-4-10-17/h3,5,7,11,16-17H,1-2,4,6,8-10H2,(H,15,18). The van der Waals surface area contributed by atoms with Crippen molar-refractivity contribution in [2.75, 3.05) is 18.5 Å². The number of amides is 1. The van der Waals surface area contributed by atoms with E-state index >= 15 is 0 Å². The maximum atomic E-state index is 11.6. The van der Waals surface area contributed by atoms with Gasteiger partial charge in [-0.3, -0.25) is 4.79 Å². The van der Waals surface area contributed by atoms with Crippen molar-refractivity contribution in [3.63, 3.8) is 0 Å². The van der Waals surface area contributed by atoms with Crippen LogP contribution in [0.15, 0.2) is 24.3 Å². The van der Waals surface area contributed by atoms with Crippen LogP contribution in [0.4, 0.5) is 5.69 Å². The Bertz CT molecular complexity index is 366. The number of carbonyl (C=O) groups is 1. The van der Waals surface area contributed by atoms with E-state index in [1.807, 2.05) is 24.3 Å². The Morgan fingerprint density at radius 1 is 1.11 bits per heavy atom. The normalized spacial score (nSPS) is 10.3. The second-order valence-corrected chi connectivity index (χ2v) is 4.26. The summed E-state index contributed by atoms with van der Waals surface area (Å²) in [7, 11) is 0. The monoisotopic (exact) mass is 251 g/mol. The van der Waals surface area contributed by atoms with E-state index in [0.717, 1.165) is 24.1 Å². The fourth-order valence-corrected chi connectivity index (χ4v) is 1.71. The van der Waals surface area contributed by atoms with E-state index in [9.17, 15) is 4.79 Å². The summed E-state index contributed by atoms with van der Waals surface area (Å²) >= 11 is 0. The molecule has 1 amide bonds. The average molecular weight is 251 g/mol. The first-order valence-electron chi connectivity index (χ1n) is 6.37. The van der Waals surface area contributed by atoms with E-state index in [1.54, 1.807) is 0 Å². The van der Waals surface area contributed by atoms with Crippen molar-refractivity contribution >= 4 is 11.6 Å². The molecule has 0 saturated heterocycles. The van der Waals surface area contributed by atoms with Gasteiger partial charge in [-0.05, 0) is 43.4 Å². The van der Waals surface area contributed by atoms with Crippen molar-refractivity contribution in [1.82, 2.24) is 0 Å². The number of aliphatic hydroxyl groups is 2. The molecule has 0 heterocycles. The van der Waals surface area contributed by atoms with Crippen LogP contribution in [-0.2, 0) is 11.2 Å². The fourth-order valence-electron chi connectivity index (χ4n) is 1.71. The van der Waals surface area contributed by atoms with Gasteiger partial charge in [-0.25, -0.2) is 0 Å². The third kappa shape index (κ3) is 5.80. The number of rotatable bonds is 8. The van der Waals surface area contributed by atoms with Crippen LogP contribution in [0.1, 0.15) is 31.2 Å². The van der Waals surface area contributed by atoms with Crippen molar-refractivity contribution in [3.05, 3.63) is 29.8 Å². The number of aliphatic hydroxyl groups excluding tert-OH is 2. The van der Waals surface area contributed by atoms with Gasteiger partial charge < -0.3 is 15.5 Å². The lowest BCUT2D eigenvalue weighted by molar-refractivity contribution is -0.116. The molecular formula is C14H21NO3. The van der Waals surface area contributed by atoms with E-state index in [-0.39, 0.29) is 19.1 Å². The molecule has 0 aliphatic carbocycles. The van der Waals surface area contributed by atoms with Crippen LogP contribution in [-0.4, -0.2) is 29.3 Å². The van der Waals surface area contributed by atoms with E-state index in [1.165, 1.54) is 0 Å². The van der Waals surface area contributed by atoms with Crippen LogP contribution in [0.3, 0.4) is 0 Å². The molecule has 0 spiro atoms. The predicted molar refractivity (Wildman–Crippen MR) is 71.4 cm³/mol. The molecule has 0 aliphatic rings. The third-order valence-corrected chi connectivity index (χ3v) is 2.65. The lowest BCUT2D eigenvalue weighted by Gasteiger charge is -2.07. The zero-order chi connectivity index (χ0) is 13.2. The van der Waals surface area contributed by atoms with Gasteiger partial charge in [-0.1, -0.05) is 12.1 Å². The Morgan fingerprint density at radius 2 is 1.89 bits per heavy atom. The quantitative estimate of drug-likeness (QED) is 0.616. The van der Waals surface area contributed by atoms with Gasteiger partial charge in [0, 0.05) is 25.3 Å². The Morgan fingerprint density at radius 3 is 2.61 bits per heavy atom. The maximum absolute atomic E-state index is 11.6. The molecule has 18 heavy (non-hydrogen) atoms. The molecule has 0 aliphatic heterocycles. The van der Waals surface area contributed by atoms with Gasteiger partial charge in [0.2, 0.25) is 5.91 Å². The molecule has 0 atom stereocenters. The molecule has 4 nitrogen and oxygen atoms in total. The molecule has 0 fully saturated rings. The minimum absolute atomic E-state index is 0.0252. The minimum Gasteiger partial charge on any atom is -0.396 e. The summed E-state index contributed by atoms with van der Waals surface area (Å²) in [6, 6.07) is 7.67. The zero-order valence-corrected chi connectivity index (χ0v) is 10.6. The molecule has 0 bridgehead atoms. The van der Waals surface area contributed by atoms with Crippen LogP contribution in [0.25, 0.3) is 0 Å². The molecule has 3 N–H and O–H groups in total. The number of carbonyl (C=O) groups excluding carboxylic acids is 1. The second kappa shape index (κ2) is 8.66. The highest BCUT2D eigenvalue weighted by atomic mass is 16.3. The number of hydrogen-bond donors (Lipinski definition) is 3. The predicted octanol–water partition coefficient (Wildman–Crippen LogP) is 1.71. The summed E-state index contributed by atoms with van der Waals surface area (Å²) in [6.45, 7) is 0.307. The van der Waals surface area contributed by atoms with Gasteiger partial charge in [-0.2, -0.15) is 0 Å². The van der Waals surface area contributed by atoms with Crippen molar-refractivity contribution in [3.8, 4) is 0 Å². The van der Waals surface area contributed by atoms with Gasteiger partial charge in [0.05, 0.1) is 0 Å². The summed E-state index contributed by atoms with van der Waals surface area (Å²) in [5, 5.41) is 20.2. The minimum atomic E-state index is -0.0252. The number of anilines is 1. The van der Waals surface area contributed by atoms with Crippen molar-refractivity contribution in [2.24, 2.45) is 0 Å². The van der Waals surface area contributed by atoms with Gasteiger partial charge in [0.1, 0.15) is 0 Å². The van der Waals surface area contributed by atoms with Crippen LogP contribution in [0.5, 0.6) is 0 Å². The Balaban J connectivity index is 2.43. The van der Waals surface area contributed by atoms with Crippen LogP contribution in [0, 0.1) is 0 Å². The number of aryl methyl sites for hydroxylation is 1. The highest BCUT2D eigenvalue weighted by Gasteiger charge is 2.02. The Labute approximate surface area is 108 Å². The molecule has 100 valence electrons. The highest BCUT2D eigenvalue weighted by molar-refractivity contribution is 5.90. The van der Waals surface area contributed by atoms with Crippen molar-refractivity contribution in [1.29, 1.82) is 0 Å². The fraction of sp³-hybridized carbons (Fsp3) is 0.500. The van der Waals surface area contributed by atoms with Crippen LogP contribution >= 0.6 is 0 Å². The van der Waals surface area contributed by atoms with Gasteiger partial charge in [0.15, 0.2) is 0 Å². The second-order valence-electron chi connectivity index (χ2n) is 4.26. The largest absolute Gasteiger partial charge is 0.396 e. The van der Waals surface area contributed by atoms with Crippen LogP contribution < -0.4 is 5.32 Å². The van der Waals surface area contributed by atoms with E-state index in [4.69, 9.17) is 10.2 Å². The first kappa shape index (κ1) is 14.7. The lowest BCUT2D eigenvalue weighted by atomic mass is 10.1. The molecule has 0 saturated carbocycles. The third-order valence-electron chi connectivity index (χ3n) is 2.65. The van der Waals surface area contributed by atoms with Gasteiger partial charge in [0.25, 0.3) is 0 Å². The number of benzene rings is 1. The number of nitrogens with one attached hydrogen (secondary N) is 1. The van der Waals surface area contributed by atoms with Gasteiger partial charge in [-0.15, -0.1) is 0 Å². The van der Waals surface area contributed by atoms with Gasteiger partial charge >= 0.3 is 0 Å². The topological polar surface area (TPSA) is 69.6 Å². The van der Waals surface area contributed by atoms with E-state index in [2.05, 4.69) is 5.32 Å². The lowest BCUT2D eigenvalue weighted by Crippen LogP contribution is -2.11. The molecule has 4 heteroatoms. The highest BCUT2D eigenvalue weighted by Crippen LogP contribution is 2.13. The maximum Gasteiger partial charge on any atom is 0.224 e. The first-order valence-corrected chi connectivity index (χ1v) is 6.37. The Hall–Kier alpha value is -1.39. The summed E-state index contributed by atoms with van der Waals surface area (Å²) in [6.07, 6.45) is 3.33. The molecule has 1 aromatic carbocycles. The van der Waals surface area contributed by atoms with E-state index in [0.29, 0.717) is 19.3 Å². The smallest absolute Gasteiger partial charge is 0.224 e. The van der Waals surface area contributed by atoms with Crippen LogP contribution in [0.2, 0.25) is 0 Å². The average Bonchev–Trinajstić information content (AvgIpc) is 2.37. The van der Waals surface area contributed by atoms with Crippen molar-refractivity contribution < 1.29 is 15.0 Å². The summed E-state index contributed by atoms with van der Waals surface area (Å²) in [5.74, 6) is -0.0252. The Kier molecular flexibility index (Phi) is 7.06. The number of unbranched alkanes of at least 4 members (excludes halogenated alkanes) is 1. The van der Waals surface area contributed by atoms with E-state index < -0.39 is 0 Å². The number of hydrogen-bond acceptors (Lipinski definition) is 3. The summed E-state index contributed by atoms with van der Waals surface area (Å²) < 4.78 is 0. The molecule has 0 aromatic heterocycles. The zero-order valence-electron chi connectivity index (χ0n) is 10.6. The summed E-state index contributed by atoms with van der Waals surface area (Å²) in [4.78, 5) is 11.6. The molecule has 1 rings (SSSR count). The summed E-state index contributed by atoms with van der Waals surface area (Å²) in [5.41, 5.74) is 1.90. The molecule has 1 aromatic rings. The molecular weight excluding hydrogens is 230 g/mol.